The summed E-state index contributed by atoms with van der Waals surface area (Å²) in [5, 5.41) is 0. The third-order valence-corrected chi connectivity index (χ3v) is 2.14. The van der Waals surface area contributed by atoms with Crippen LogP contribution in [0.3, 0.4) is 0 Å². The van der Waals surface area contributed by atoms with Crippen molar-refractivity contribution in [1.82, 2.24) is 0 Å². The quantitative estimate of drug-likeness (QED) is 0.721. The van der Waals surface area contributed by atoms with Crippen LogP contribution in [0.25, 0.3) is 11.1 Å². The molecule has 14 heavy (non-hydrogen) atoms. The topological polar surface area (TPSA) is 17.1 Å². The van der Waals surface area contributed by atoms with Crippen molar-refractivity contribution in [3.8, 4) is 11.1 Å². The molecule has 76 valence electrons. The summed E-state index contributed by atoms with van der Waals surface area (Å²) in [5.74, 6) is 0.905. The first kappa shape index (κ1) is 11.0. The van der Waals surface area contributed by atoms with Gasteiger partial charge in [0.05, 0.1) is 0 Å². The Hall–Kier alpha value is -1.11. The van der Waals surface area contributed by atoms with Crippen molar-refractivity contribution in [2.75, 3.05) is 0 Å². The fraction of sp³-hybridized carbons (Fsp3) is 0.462. The smallest absolute Gasteiger partial charge is 0.132 e. The van der Waals surface area contributed by atoms with Crippen LogP contribution in [0.15, 0.2) is 24.3 Å². The maximum Gasteiger partial charge on any atom is 0.132 e. The second kappa shape index (κ2) is 4.94. The minimum Gasteiger partial charge on any atom is -0.300 e. The Morgan fingerprint density at radius 1 is 1.29 bits per heavy atom. The van der Waals surface area contributed by atoms with E-state index in [0.29, 0.717) is 18.1 Å². The third-order valence-electron chi connectivity index (χ3n) is 2.14. The molecule has 1 nitrogen and oxygen atoms in total. The van der Waals surface area contributed by atoms with Crippen LogP contribution in [0.1, 0.15) is 33.6 Å². The van der Waals surface area contributed by atoms with Crippen LogP contribution in [0.2, 0.25) is 0 Å². The first-order valence-corrected chi connectivity index (χ1v) is 5.25. The monoisotopic (exact) mass is 190 g/mol. The molecule has 0 radical (unpaired) electrons. The van der Waals surface area contributed by atoms with E-state index < -0.39 is 0 Å². The number of hydrogen-bond acceptors (Lipinski definition) is 1. The van der Waals surface area contributed by atoms with E-state index in [-0.39, 0.29) is 0 Å². The predicted molar refractivity (Wildman–Crippen MR) is 60.2 cm³/mol. The first-order chi connectivity index (χ1) is 6.63. The molecule has 2 rings (SSSR count). The van der Waals surface area contributed by atoms with E-state index in [1.807, 2.05) is 6.92 Å². The lowest BCUT2D eigenvalue weighted by atomic mass is 10.1. The molecule has 0 N–H and O–H groups in total. The highest BCUT2D eigenvalue weighted by Gasteiger charge is 2.06. The van der Waals surface area contributed by atoms with Crippen molar-refractivity contribution in [3.05, 3.63) is 24.3 Å². The summed E-state index contributed by atoms with van der Waals surface area (Å²) in [5.41, 5.74) is 2.85. The molecule has 0 unspecified atom stereocenters. The third kappa shape index (κ3) is 3.73. The SMILES string of the molecule is CCC(=O)CC(C)C.c1cc2cc-2c1. The Kier molecular flexibility index (Phi) is 3.87. The average molecular weight is 190 g/mol. The largest absolute Gasteiger partial charge is 0.300 e. The average Bonchev–Trinajstić information content (AvgIpc) is 2.74. The molecule has 0 bridgehead atoms. The van der Waals surface area contributed by atoms with Gasteiger partial charge in [-0.05, 0) is 23.1 Å². The molecule has 2 aliphatic rings. The first-order valence-electron chi connectivity index (χ1n) is 5.25. The number of benzene rings is 1. The molecule has 0 atom stereocenters. The Balaban J connectivity index is 0.000000143. The summed E-state index contributed by atoms with van der Waals surface area (Å²) in [6, 6.07) is 8.48. The van der Waals surface area contributed by atoms with Crippen molar-refractivity contribution < 1.29 is 4.79 Å². The number of fused-ring (bicyclic) bond motifs is 1. The molecule has 0 aromatic rings. The van der Waals surface area contributed by atoms with E-state index in [2.05, 4.69) is 38.1 Å². The van der Waals surface area contributed by atoms with Gasteiger partial charge < -0.3 is 0 Å². The molecule has 1 heteroatoms. The molecule has 0 aromatic heterocycles. The lowest BCUT2D eigenvalue weighted by Crippen LogP contribution is -1.99. The normalized spacial score (nSPS) is 10.6. The standard InChI is InChI=1S/C7H14O.C6H4/c1-4-7(8)5-6(2)3;1-2-5-4-6(5)3-1/h6H,4-5H2,1-3H3;1-4H. The van der Waals surface area contributed by atoms with E-state index in [1.54, 1.807) is 0 Å². The molecule has 0 heterocycles. The fourth-order valence-electron chi connectivity index (χ4n) is 1.28. The Labute approximate surface area is 86.1 Å². The number of carbonyl (C=O) groups excluding carboxylic acids is 1. The van der Waals surface area contributed by atoms with Gasteiger partial charge in [0, 0.05) is 12.8 Å². The molecular weight excluding hydrogens is 172 g/mol. The maximum absolute atomic E-state index is 10.6. The Bertz CT molecular complexity index is 296. The van der Waals surface area contributed by atoms with Gasteiger partial charge in [0.1, 0.15) is 5.78 Å². The van der Waals surface area contributed by atoms with Crippen molar-refractivity contribution in [3.63, 3.8) is 0 Å². The number of Topliss-reactive ketones (excluding diaryl/α,β-unsaturated/α-hetero) is 1. The number of hydrogen-bond donors (Lipinski definition) is 0. The summed E-state index contributed by atoms with van der Waals surface area (Å²) in [6.07, 6.45) is 1.44. The molecule has 0 fully saturated rings. The lowest BCUT2D eigenvalue weighted by molar-refractivity contribution is -0.119. The maximum atomic E-state index is 10.6. The van der Waals surface area contributed by atoms with Crippen LogP contribution >= 0.6 is 0 Å². The summed E-state index contributed by atoms with van der Waals surface area (Å²) in [4.78, 5) is 10.6. The van der Waals surface area contributed by atoms with Crippen LogP contribution in [-0.2, 0) is 4.79 Å². The zero-order valence-electron chi connectivity index (χ0n) is 9.21. The van der Waals surface area contributed by atoms with Gasteiger partial charge in [-0.15, -0.1) is 0 Å². The van der Waals surface area contributed by atoms with Gasteiger partial charge in [0.25, 0.3) is 0 Å². The minimum atomic E-state index is 0.375. The van der Waals surface area contributed by atoms with Gasteiger partial charge in [-0.3, -0.25) is 4.79 Å². The van der Waals surface area contributed by atoms with E-state index in [9.17, 15) is 4.79 Å². The van der Waals surface area contributed by atoms with E-state index in [1.165, 1.54) is 11.1 Å². The number of ketones is 1. The summed E-state index contributed by atoms with van der Waals surface area (Å²) >= 11 is 0. The van der Waals surface area contributed by atoms with Crippen molar-refractivity contribution >= 4 is 5.78 Å². The van der Waals surface area contributed by atoms with Gasteiger partial charge in [-0.1, -0.05) is 39.0 Å². The van der Waals surface area contributed by atoms with Gasteiger partial charge in [-0.25, -0.2) is 0 Å². The minimum absolute atomic E-state index is 0.375. The second-order valence-corrected chi connectivity index (χ2v) is 4.07. The molecular formula is C13H18O. The summed E-state index contributed by atoms with van der Waals surface area (Å²) in [7, 11) is 0. The fourth-order valence-corrected chi connectivity index (χ4v) is 1.28. The van der Waals surface area contributed by atoms with E-state index in [0.717, 1.165) is 6.42 Å². The molecule has 0 saturated heterocycles. The van der Waals surface area contributed by atoms with Crippen molar-refractivity contribution in [1.29, 1.82) is 0 Å². The second-order valence-electron chi connectivity index (χ2n) is 4.07. The molecule has 0 amide bonds. The van der Waals surface area contributed by atoms with Gasteiger partial charge in [0.15, 0.2) is 0 Å². The van der Waals surface area contributed by atoms with Gasteiger partial charge in [-0.2, -0.15) is 0 Å². The lowest BCUT2D eigenvalue weighted by Gasteiger charge is -1.98. The van der Waals surface area contributed by atoms with Crippen LogP contribution in [-0.4, -0.2) is 5.78 Å². The van der Waals surface area contributed by atoms with Crippen LogP contribution in [0.5, 0.6) is 0 Å². The van der Waals surface area contributed by atoms with Crippen LogP contribution in [0.4, 0.5) is 0 Å². The summed E-state index contributed by atoms with van der Waals surface area (Å²) < 4.78 is 0. The molecule has 0 saturated carbocycles. The number of carbonyl (C=O) groups is 1. The van der Waals surface area contributed by atoms with Crippen molar-refractivity contribution in [2.45, 2.75) is 33.6 Å². The highest BCUT2D eigenvalue weighted by molar-refractivity contribution is 5.80. The Morgan fingerprint density at radius 2 is 1.86 bits per heavy atom. The van der Waals surface area contributed by atoms with Gasteiger partial charge in [0.2, 0.25) is 0 Å². The predicted octanol–water partition coefficient (Wildman–Crippen LogP) is 3.68. The van der Waals surface area contributed by atoms with Crippen molar-refractivity contribution in [2.24, 2.45) is 5.92 Å². The zero-order chi connectivity index (χ0) is 10.6. The highest BCUT2D eigenvalue weighted by Crippen LogP contribution is 2.32. The molecule has 0 aliphatic heterocycles. The summed E-state index contributed by atoms with van der Waals surface area (Å²) in [6.45, 7) is 6.03. The number of rotatable bonds is 3. The van der Waals surface area contributed by atoms with E-state index >= 15 is 0 Å². The molecule has 0 spiro atoms. The van der Waals surface area contributed by atoms with Crippen LogP contribution in [0, 0.1) is 5.92 Å². The highest BCUT2D eigenvalue weighted by atomic mass is 16.1. The van der Waals surface area contributed by atoms with Crippen LogP contribution < -0.4 is 0 Å². The van der Waals surface area contributed by atoms with E-state index in [4.69, 9.17) is 0 Å². The Morgan fingerprint density at radius 3 is 2.00 bits per heavy atom. The molecule has 0 aromatic carbocycles. The van der Waals surface area contributed by atoms with Gasteiger partial charge >= 0.3 is 0 Å². The molecule has 2 aliphatic carbocycles. The zero-order valence-corrected chi connectivity index (χ0v) is 9.21.